The van der Waals surface area contributed by atoms with Crippen molar-refractivity contribution in [3.05, 3.63) is 0 Å². The van der Waals surface area contributed by atoms with Crippen LogP contribution in [0.3, 0.4) is 0 Å². The Hall–Kier alpha value is -0.0800. The standard InChI is InChI=1S/C14H27NO/c1-12(2)16-11-14(6-7-14)10-15-8-4-5-13(3)9-15/h12-13H,4-11H2,1-3H3/t13-/m0/s1. The molecule has 16 heavy (non-hydrogen) atoms. The van der Waals surface area contributed by atoms with Gasteiger partial charge in [0.15, 0.2) is 0 Å². The van der Waals surface area contributed by atoms with E-state index in [1.54, 1.807) is 0 Å². The maximum Gasteiger partial charge on any atom is 0.0538 e. The van der Waals surface area contributed by atoms with E-state index in [2.05, 4.69) is 25.7 Å². The first-order valence-corrected chi connectivity index (χ1v) is 6.94. The lowest BCUT2D eigenvalue weighted by atomic mass is 9.98. The zero-order valence-electron chi connectivity index (χ0n) is 11.2. The highest BCUT2D eigenvalue weighted by atomic mass is 16.5. The van der Waals surface area contributed by atoms with Crippen LogP contribution < -0.4 is 0 Å². The minimum atomic E-state index is 0.387. The molecule has 0 aromatic heterocycles. The van der Waals surface area contributed by atoms with Gasteiger partial charge in [-0.3, -0.25) is 0 Å². The lowest BCUT2D eigenvalue weighted by Crippen LogP contribution is -2.39. The SMILES string of the molecule is CC(C)OCC1(CN2CCC[C@H](C)C2)CC1. The molecule has 2 nitrogen and oxygen atoms in total. The second-order valence-corrected chi connectivity index (χ2v) is 6.34. The van der Waals surface area contributed by atoms with E-state index in [0.717, 1.165) is 12.5 Å². The molecule has 1 aliphatic carbocycles. The summed E-state index contributed by atoms with van der Waals surface area (Å²) in [4.78, 5) is 2.67. The van der Waals surface area contributed by atoms with Crippen molar-refractivity contribution in [2.24, 2.45) is 11.3 Å². The highest BCUT2D eigenvalue weighted by molar-refractivity contribution is 4.96. The molecule has 2 heteroatoms. The Morgan fingerprint density at radius 1 is 1.38 bits per heavy atom. The van der Waals surface area contributed by atoms with Crippen molar-refractivity contribution < 1.29 is 4.74 Å². The monoisotopic (exact) mass is 225 g/mol. The molecule has 0 unspecified atom stereocenters. The van der Waals surface area contributed by atoms with E-state index in [1.807, 2.05) is 0 Å². The molecule has 0 radical (unpaired) electrons. The Kier molecular flexibility index (Phi) is 3.91. The van der Waals surface area contributed by atoms with Crippen LogP contribution in [-0.2, 0) is 4.74 Å². The van der Waals surface area contributed by atoms with Crippen LogP contribution in [0.25, 0.3) is 0 Å². The summed E-state index contributed by atoms with van der Waals surface area (Å²) in [6, 6.07) is 0. The molecular formula is C14H27NO. The molecule has 2 fully saturated rings. The fraction of sp³-hybridized carbons (Fsp3) is 1.00. The molecule has 0 bridgehead atoms. The average molecular weight is 225 g/mol. The Balaban J connectivity index is 1.75. The van der Waals surface area contributed by atoms with Gasteiger partial charge in [0.25, 0.3) is 0 Å². The maximum absolute atomic E-state index is 5.81. The van der Waals surface area contributed by atoms with Crippen LogP contribution in [0.4, 0.5) is 0 Å². The van der Waals surface area contributed by atoms with E-state index in [-0.39, 0.29) is 0 Å². The third kappa shape index (κ3) is 3.46. The summed E-state index contributed by atoms with van der Waals surface area (Å²) in [5.74, 6) is 0.899. The molecule has 0 spiro atoms. The zero-order chi connectivity index (χ0) is 11.6. The lowest BCUT2D eigenvalue weighted by molar-refractivity contribution is 0.0259. The van der Waals surface area contributed by atoms with E-state index < -0.39 is 0 Å². The van der Waals surface area contributed by atoms with Crippen molar-refractivity contribution in [3.8, 4) is 0 Å². The van der Waals surface area contributed by atoms with E-state index in [0.29, 0.717) is 11.5 Å². The first kappa shape index (κ1) is 12.4. The van der Waals surface area contributed by atoms with E-state index in [1.165, 1.54) is 45.3 Å². The molecule has 1 atom stereocenters. The van der Waals surface area contributed by atoms with Gasteiger partial charge in [0.2, 0.25) is 0 Å². The molecule has 2 aliphatic rings. The van der Waals surface area contributed by atoms with E-state index in [4.69, 9.17) is 4.74 Å². The van der Waals surface area contributed by atoms with Gasteiger partial charge in [-0.2, -0.15) is 0 Å². The summed E-state index contributed by atoms with van der Waals surface area (Å²) in [6.45, 7) is 11.5. The van der Waals surface area contributed by atoms with Crippen LogP contribution in [0.5, 0.6) is 0 Å². The van der Waals surface area contributed by atoms with Crippen molar-refractivity contribution in [2.45, 2.75) is 52.6 Å². The second kappa shape index (κ2) is 5.05. The van der Waals surface area contributed by atoms with E-state index >= 15 is 0 Å². The Morgan fingerprint density at radius 2 is 2.12 bits per heavy atom. The lowest BCUT2D eigenvalue weighted by Gasteiger charge is -2.34. The van der Waals surface area contributed by atoms with Crippen molar-refractivity contribution in [1.82, 2.24) is 4.90 Å². The minimum Gasteiger partial charge on any atom is -0.378 e. The van der Waals surface area contributed by atoms with E-state index in [9.17, 15) is 0 Å². The molecule has 1 saturated heterocycles. The van der Waals surface area contributed by atoms with Gasteiger partial charge < -0.3 is 9.64 Å². The smallest absolute Gasteiger partial charge is 0.0538 e. The molecule has 94 valence electrons. The van der Waals surface area contributed by atoms with Gasteiger partial charge in [-0.05, 0) is 52.0 Å². The number of likely N-dealkylation sites (tertiary alicyclic amines) is 1. The Morgan fingerprint density at radius 3 is 2.69 bits per heavy atom. The van der Waals surface area contributed by atoms with Gasteiger partial charge in [-0.25, -0.2) is 0 Å². The number of hydrogen-bond acceptors (Lipinski definition) is 2. The van der Waals surface area contributed by atoms with Gasteiger partial charge >= 0.3 is 0 Å². The van der Waals surface area contributed by atoms with Crippen molar-refractivity contribution in [3.63, 3.8) is 0 Å². The van der Waals surface area contributed by atoms with Gasteiger partial charge in [0.05, 0.1) is 12.7 Å². The van der Waals surface area contributed by atoms with Gasteiger partial charge in [-0.15, -0.1) is 0 Å². The van der Waals surface area contributed by atoms with Crippen LogP contribution >= 0.6 is 0 Å². The highest BCUT2D eigenvalue weighted by Gasteiger charge is 2.44. The van der Waals surface area contributed by atoms with Crippen molar-refractivity contribution >= 4 is 0 Å². The van der Waals surface area contributed by atoms with Crippen LogP contribution in [0.15, 0.2) is 0 Å². The molecule has 1 saturated carbocycles. The molecule has 1 aliphatic heterocycles. The first-order chi connectivity index (χ1) is 7.60. The topological polar surface area (TPSA) is 12.5 Å². The number of ether oxygens (including phenoxy) is 1. The third-order valence-electron chi connectivity index (χ3n) is 3.98. The summed E-state index contributed by atoms with van der Waals surface area (Å²) >= 11 is 0. The van der Waals surface area contributed by atoms with Crippen LogP contribution in [0.1, 0.15) is 46.5 Å². The van der Waals surface area contributed by atoms with Gasteiger partial charge in [-0.1, -0.05) is 6.92 Å². The molecule has 0 N–H and O–H groups in total. The number of rotatable bonds is 5. The minimum absolute atomic E-state index is 0.387. The summed E-state index contributed by atoms with van der Waals surface area (Å²) in [5.41, 5.74) is 0.529. The van der Waals surface area contributed by atoms with Crippen molar-refractivity contribution in [2.75, 3.05) is 26.2 Å². The molecule has 0 aromatic rings. The normalized spacial score (nSPS) is 29.6. The van der Waals surface area contributed by atoms with Crippen LogP contribution in [0.2, 0.25) is 0 Å². The summed E-state index contributed by atoms with van der Waals surface area (Å²) in [7, 11) is 0. The molecular weight excluding hydrogens is 198 g/mol. The maximum atomic E-state index is 5.81. The Labute approximate surface area is 100 Å². The van der Waals surface area contributed by atoms with Gasteiger partial charge in [0, 0.05) is 18.5 Å². The quantitative estimate of drug-likeness (QED) is 0.713. The largest absolute Gasteiger partial charge is 0.378 e. The van der Waals surface area contributed by atoms with Gasteiger partial charge in [0.1, 0.15) is 0 Å². The molecule has 0 amide bonds. The predicted molar refractivity (Wildman–Crippen MR) is 67.6 cm³/mol. The molecule has 0 aromatic carbocycles. The number of piperidine rings is 1. The van der Waals surface area contributed by atoms with Crippen molar-refractivity contribution in [1.29, 1.82) is 0 Å². The highest BCUT2D eigenvalue weighted by Crippen LogP contribution is 2.47. The third-order valence-corrected chi connectivity index (χ3v) is 3.98. The predicted octanol–water partition coefficient (Wildman–Crippen LogP) is 2.92. The molecule has 2 rings (SSSR count). The second-order valence-electron chi connectivity index (χ2n) is 6.34. The fourth-order valence-electron chi connectivity index (χ4n) is 2.77. The fourth-order valence-corrected chi connectivity index (χ4v) is 2.77. The van der Waals surface area contributed by atoms with Crippen LogP contribution in [0, 0.1) is 11.3 Å². The van der Waals surface area contributed by atoms with Crippen LogP contribution in [-0.4, -0.2) is 37.2 Å². The summed E-state index contributed by atoms with van der Waals surface area (Å²) < 4.78 is 5.81. The summed E-state index contributed by atoms with van der Waals surface area (Å²) in [5, 5.41) is 0. The zero-order valence-corrected chi connectivity index (χ0v) is 11.2. The Bertz CT molecular complexity index is 223. The average Bonchev–Trinajstić information content (AvgIpc) is 2.96. The summed E-state index contributed by atoms with van der Waals surface area (Å²) in [6.07, 6.45) is 5.96. The number of hydrogen-bond donors (Lipinski definition) is 0. The molecule has 1 heterocycles. The number of nitrogens with zero attached hydrogens (tertiary/aromatic N) is 1. The first-order valence-electron chi connectivity index (χ1n) is 6.94.